The molecule has 24 heavy (non-hydrogen) atoms. The van der Waals surface area contributed by atoms with Crippen LogP contribution < -0.4 is 4.74 Å². The molecule has 6 nitrogen and oxygen atoms in total. The summed E-state index contributed by atoms with van der Waals surface area (Å²) in [6.07, 6.45) is 4.43. The van der Waals surface area contributed by atoms with E-state index in [1.54, 1.807) is 29.9 Å². The van der Waals surface area contributed by atoms with E-state index in [1.165, 1.54) is 0 Å². The van der Waals surface area contributed by atoms with Gasteiger partial charge in [0.1, 0.15) is 5.75 Å². The van der Waals surface area contributed by atoms with Gasteiger partial charge in [-0.1, -0.05) is 16.8 Å². The Labute approximate surface area is 146 Å². The SMILES string of the molecule is CCn1cc(C(=O)N(C)C2CCCc3c(OC)ccc(Cl)c32)nn1. The second kappa shape index (κ2) is 6.81. The molecule has 1 heterocycles. The minimum Gasteiger partial charge on any atom is -0.496 e. The highest BCUT2D eigenvalue weighted by molar-refractivity contribution is 6.31. The zero-order valence-electron chi connectivity index (χ0n) is 14.1. The summed E-state index contributed by atoms with van der Waals surface area (Å²) in [5.41, 5.74) is 2.43. The van der Waals surface area contributed by atoms with E-state index in [0.29, 0.717) is 17.3 Å². The zero-order valence-corrected chi connectivity index (χ0v) is 14.9. The van der Waals surface area contributed by atoms with Crippen molar-refractivity contribution < 1.29 is 9.53 Å². The Hall–Kier alpha value is -2.08. The van der Waals surface area contributed by atoms with Crippen LogP contribution >= 0.6 is 11.6 Å². The number of hydrogen-bond donors (Lipinski definition) is 0. The molecule has 3 rings (SSSR count). The van der Waals surface area contributed by atoms with Crippen molar-refractivity contribution in [3.05, 3.63) is 40.2 Å². The number of ether oxygens (including phenoxy) is 1. The molecule has 1 aromatic carbocycles. The number of amides is 1. The first-order valence-corrected chi connectivity index (χ1v) is 8.47. The van der Waals surface area contributed by atoms with E-state index in [9.17, 15) is 4.79 Å². The van der Waals surface area contributed by atoms with Crippen molar-refractivity contribution in [2.45, 2.75) is 38.8 Å². The van der Waals surface area contributed by atoms with E-state index in [1.807, 2.05) is 19.1 Å². The second-order valence-electron chi connectivity index (χ2n) is 5.93. The largest absolute Gasteiger partial charge is 0.496 e. The minimum absolute atomic E-state index is 0.0874. The van der Waals surface area contributed by atoms with Crippen molar-refractivity contribution in [2.75, 3.05) is 14.2 Å². The van der Waals surface area contributed by atoms with Crippen LogP contribution in [0.4, 0.5) is 0 Å². The van der Waals surface area contributed by atoms with E-state index in [2.05, 4.69) is 10.3 Å². The van der Waals surface area contributed by atoms with Gasteiger partial charge in [0, 0.05) is 29.7 Å². The van der Waals surface area contributed by atoms with Gasteiger partial charge in [0.05, 0.1) is 19.3 Å². The molecule has 128 valence electrons. The summed E-state index contributed by atoms with van der Waals surface area (Å²) < 4.78 is 7.12. The monoisotopic (exact) mass is 348 g/mol. The zero-order chi connectivity index (χ0) is 17.3. The average Bonchev–Trinajstić information content (AvgIpc) is 3.09. The van der Waals surface area contributed by atoms with Crippen LogP contribution in [-0.4, -0.2) is 40.0 Å². The number of hydrogen-bond acceptors (Lipinski definition) is 4. The Morgan fingerprint density at radius 1 is 1.50 bits per heavy atom. The number of nitrogens with zero attached hydrogens (tertiary/aromatic N) is 4. The number of rotatable bonds is 4. The first-order chi connectivity index (χ1) is 11.6. The van der Waals surface area contributed by atoms with Gasteiger partial charge in [0.25, 0.3) is 5.91 Å². The van der Waals surface area contributed by atoms with Gasteiger partial charge in [-0.15, -0.1) is 5.10 Å². The fourth-order valence-electron chi connectivity index (χ4n) is 3.30. The molecular weight excluding hydrogens is 328 g/mol. The van der Waals surface area contributed by atoms with E-state index in [0.717, 1.165) is 36.1 Å². The Bertz CT molecular complexity index is 759. The van der Waals surface area contributed by atoms with E-state index in [4.69, 9.17) is 16.3 Å². The van der Waals surface area contributed by atoms with Gasteiger partial charge in [-0.25, -0.2) is 0 Å². The predicted molar refractivity (Wildman–Crippen MR) is 91.5 cm³/mol. The highest BCUT2D eigenvalue weighted by atomic mass is 35.5. The minimum atomic E-state index is -0.147. The Balaban J connectivity index is 1.95. The Morgan fingerprint density at radius 3 is 2.96 bits per heavy atom. The lowest BCUT2D eigenvalue weighted by molar-refractivity contribution is 0.0708. The molecule has 0 radical (unpaired) electrons. The topological polar surface area (TPSA) is 60.2 Å². The smallest absolute Gasteiger partial charge is 0.276 e. The summed E-state index contributed by atoms with van der Waals surface area (Å²) in [5.74, 6) is 0.684. The number of carbonyl (C=O) groups is 1. The molecule has 1 atom stereocenters. The molecule has 0 saturated carbocycles. The average molecular weight is 349 g/mol. The summed E-state index contributed by atoms with van der Waals surface area (Å²) in [6.45, 7) is 2.63. The molecule has 1 aliphatic carbocycles. The second-order valence-corrected chi connectivity index (χ2v) is 6.33. The van der Waals surface area contributed by atoms with Crippen LogP contribution in [-0.2, 0) is 13.0 Å². The van der Waals surface area contributed by atoms with Crippen LogP contribution in [0.5, 0.6) is 5.75 Å². The molecule has 0 saturated heterocycles. The number of methoxy groups -OCH3 is 1. The third-order valence-electron chi connectivity index (χ3n) is 4.59. The molecule has 0 spiro atoms. The first kappa shape index (κ1) is 16.8. The van der Waals surface area contributed by atoms with Gasteiger partial charge in [0.15, 0.2) is 5.69 Å². The lowest BCUT2D eigenvalue weighted by Gasteiger charge is -2.34. The van der Waals surface area contributed by atoms with E-state index >= 15 is 0 Å². The fraction of sp³-hybridized carbons (Fsp3) is 0.471. The van der Waals surface area contributed by atoms with Crippen molar-refractivity contribution >= 4 is 17.5 Å². The molecule has 0 aliphatic heterocycles. The van der Waals surface area contributed by atoms with Crippen LogP contribution in [0.15, 0.2) is 18.3 Å². The molecule has 1 amide bonds. The highest BCUT2D eigenvalue weighted by Crippen LogP contribution is 2.42. The number of benzene rings is 1. The van der Waals surface area contributed by atoms with Gasteiger partial charge < -0.3 is 9.64 Å². The molecule has 1 aliphatic rings. The molecule has 0 bridgehead atoms. The van der Waals surface area contributed by atoms with Crippen LogP contribution in [0.25, 0.3) is 0 Å². The van der Waals surface area contributed by atoms with Crippen molar-refractivity contribution in [1.82, 2.24) is 19.9 Å². The molecule has 7 heteroatoms. The highest BCUT2D eigenvalue weighted by Gasteiger charge is 2.31. The normalized spacial score (nSPS) is 16.6. The Morgan fingerprint density at radius 2 is 2.29 bits per heavy atom. The van der Waals surface area contributed by atoms with Crippen molar-refractivity contribution in [3.8, 4) is 5.75 Å². The maximum atomic E-state index is 12.8. The molecule has 1 unspecified atom stereocenters. The summed E-state index contributed by atoms with van der Waals surface area (Å²) in [6, 6.07) is 3.64. The summed E-state index contributed by atoms with van der Waals surface area (Å²) in [4.78, 5) is 14.5. The maximum absolute atomic E-state index is 12.8. The summed E-state index contributed by atoms with van der Waals surface area (Å²) in [5, 5.41) is 8.60. The van der Waals surface area contributed by atoms with Crippen molar-refractivity contribution in [1.29, 1.82) is 0 Å². The summed E-state index contributed by atoms with van der Waals surface area (Å²) in [7, 11) is 3.45. The van der Waals surface area contributed by atoms with Crippen molar-refractivity contribution in [2.24, 2.45) is 0 Å². The lowest BCUT2D eigenvalue weighted by Crippen LogP contribution is -2.34. The Kier molecular flexibility index (Phi) is 4.76. The molecule has 2 aromatic rings. The number of aryl methyl sites for hydroxylation is 1. The quantitative estimate of drug-likeness (QED) is 0.851. The number of fused-ring (bicyclic) bond motifs is 1. The molecule has 1 aromatic heterocycles. The number of halogens is 1. The molecular formula is C17H21ClN4O2. The number of aromatic nitrogens is 3. The standard InChI is InChI=1S/C17H21ClN4O2/c1-4-22-10-13(19-20-22)17(23)21(2)14-7-5-6-11-15(24-3)9-8-12(18)16(11)14/h8-10,14H,4-7H2,1-3H3. The van der Waals surface area contributed by atoms with Crippen molar-refractivity contribution in [3.63, 3.8) is 0 Å². The van der Waals surface area contributed by atoms with Gasteiger partial charge >= 0.3 is 0 Å². The first-order valence-electron chi connectivity index (χ1n) is 8.09. The van der Waals surface area contributed by atoms with Crippen LogP contribution in [0.2, 0.25) is 5.02 Å². The van der Waals surface area contributed by atoms with Gasteiger partial charge in [-0.05, 0) is 38.3 Å². The van der Waals surface area contributed by atoms with Gasteiger partial charge in [0.2, 0.25) is 0 Å². The van der Waals surface area contributed by atoms with Crippen LogP contribution in [0, 0.1) is 0 Å². The number of carbonyl (C=O) groups excluding carboxylic acids is 1. The third-order valence-corrected chi connectivity index (χ3v) is 4.92. The fourth-order valence-corrected chi connectivity index (χ4v) is 3.61. The van der Waals surface area contributed by atoms with Crippen LogP contribution in [0.1, 0.15) is 47.4 Å². The van der Waals surface area contributed by atoms with E-state index in [-0.39, 0.29) is 11.9 Å². The maximum Gasteiger partial charge on any atom is 0.276 e. The lowest BCUT2D eigenvalue weighted by atomic mass is 9.86. The van der Waals surface area contributed by atoms with Gasteiger partial charge in [-0.3, -0.25) is 9.48 Å². The van der Waals surface area contributed by atoms with Crippen LogP contribution in [0.3, 0.4) is 0 Å². The van der Waals surface area contributed by atoms with Gasteiger partial charge in [-0.2, -0.15) is 0 Å². The van der Waals surface area contributed by atoms with E-state index < -0.39 is 0 Å². The molecule has 0 N–H and O–H groups in total. The summed E-state index contributed by atoms with van der Waals surface area (Å²) >= 11 is 6.46. The predicted octanol–water partition coefficient (Wildman–Crippen LogP) is 3.11. The molecule has 0 fully saturated rings. The third kappa shape index (κ3) is 2.86.